The maximum atomic E-state index is 4.34. The molecule has 0 aromatic carbocycles. The van der Waals surface area contributed by atoms with Crippen LogP contribution in [0.2, 0.25) is 0 Å². The predicted molar refractivity (Wildman–Crippen MR) is 79.2 cm³/mol. The molecule has 4 atom stereocenters. The van der Waals surface area contributed by atoms with Crippen molar-refractivity contribution in [3.8, 4) is 0 Å². The molecule has 0 spiro atoms. The van der Waals surface area contributed by atoms with Crippen molar-refractivity contribution < 1.29 is 0 Å². The monoisotopic (exact) mass is 264 g/mol. The van der Waals surface area contributed by atoms with Gasteiger partial charge in [0.2, 0.25) is 0 Å². The Hall–Kier alpha value is -0.870. The fourth-order valence-corrected chi connectivity index (χ4v) is 3.13. The van der Waals surface area contributed by atoms with Gasteiger partial charge in [0, 0.05) is 43.0 Å². The summed E-state index contributed by atoms with van der Waals surface area (Å²) in [6, 6.07) is 1.63. The molecule has 1 N–H and O–H groups in total. The van der Waals surface area contributed by atoms with Gasteiger partial charge >= 0.3 is 0 Å². The Morgan fingerprint density at radius 2 is 2.05 bits per heavy atom. The first-order valence-electron chi connectivity index (χ1n) is 7.35. The first-order chi connectivity index (χ1) is 8.90. The third-order valence-electron chi connectivity index (χ3n) is 4.81. The molecule has 4 heteroatoms. The molecule has 2 heterocycles. The lowest BCUT2D eigenvalue weighted by atomic mass is 9.89. The second kappa shape index (κ2) is 5.63. The summed E-state index contributed by atoms with van der Waals surface area (Å²) in [7, 11) is 4.23. The minimum absolute atomic E-state index is 0.372. The number of hydrogen-bond donors (Lipinski definition) is 1. The minimum atomic E-state index is 0.372. The van der Waals surface area contributed by atoms with E-state index in [1.165, 1.54) is 24.2 Å². The molecule has 0 radical (unpaired) electrons. The number of rotatable bonds is 3. The van der Waals surface area contributed by atoms with Gasteiger partial charge in [-0.05, 0) is 40.2 Å². The summed E-state index contributed by atoms with van der Waals surface area (Å²) < 4.78 is 1.95. The highest BCUT2D eigenvalue weighted by Gasteiger charge is 2.30. The van der Waals surface area contributed by atoms with E-state index in [-0.39, 0.29) is 0 Å². The van der Waals surface area contributed by atoms with E-state index in [4.69, 9.17) is 0 Å². The number of hydrogen-bond acceptors (Lipinski definition) is 3. The molecular weight excluding hydrogens is 236 g/mol. The third kappa shape index (κ3) is 3.00. The normalized spacial score (nSPS) is 30.5. The van der Waals surface area contributed by atoms with Crippen LogP contribution in [0.5, 0.6) is 0 Å². The van der Waals surface area contributed by atoms with Crippen molar-refractivity contribution in [2.45, 2.75) is 52.2 Å². The lowest BCUT2D eigenvalue weighted by Crippen LogP contribution is -2.51. The average molecular weight is 264 g/mol. The van der Waals surface area contributed by atoms with Crippen LogP contribution < -0.4 is 5.32 Å². The van der Waals surface area contributed by atoms with Gasteiger partial charge in [-0.1, -0.05) is 6.92 Å². The average Bonchev–Trinajstić information content (AvgIpc) is 2.67. The van der Waals surface area contributed by atoms with Crippen molar-refractivity contribution in [2.75, 3.05) is 13.6 Å². The Morgan fingerprint density at radius 1 is 1.37 bits per heavy atom. The van der Waals surface area contributed by atoms with Crippen LogP contribution in [0.25, 0.3) is 0 Å². The van der Waals surface area contributed by atoms with Crippen molar-refractivity contribution in [3.63, 3.8) is 0 Å². The van der Waals surface area contributed by atoms with Gasteiger partial charge < -0.3 is 10.2 Å². The van der Waals surface area contributed by atoms with Crippen LogP contribution in [0.1, 0.15) is 44.5 Å². The van der Waals surface area contributed by atoms with Crippen LogP contribution >= 0.6 is 0 Å². The quantitative estimate of drug-likeness (QED) is 0.907. The van der Waals surface area contributed by atoms with Crippen LogP contribution in [-0.4, -0.2) is 40.4 Å². The molecule has 2 rings (SSSR count). The van der Waals surface area contributed by atoms with E-state index in [0.717, 1.165) is 0 Å². The Morgan fingerprint density at radius 3 is 2.63 bits per heavy atom. The van der Waals surface area contributed by atoms with Gasteiger partial charge in [0.1, 0.15) is 0 Å². The zero-order chi connectivity index (χ0) is 14.2. The zero-order valence-electron chi connectivity index (χ0n) is 13.1. The molecule has 0 amide bonds. The SMILES string of the molecule is Cc1c(C(C)NC2CC(C)N(C)CC2C)cnn1C. The van der Waals surface area contributed by atoms with Gasteiger partial charge in [-0.2, -0.15) is 5.10 Å². The van der Waals surface area contributed by atoms with Gasteiger partial charge in [-0.15, -0.1) is 0 Å². The lowest BCUT2D eigenvalue weighted by molar-refractivity contribution is 0.116. The summed E-state index contributed by atoms with van der Waals surface area (Å²) in [5, 5.41) is 8.15. The van der Waals surface area contributed by atoms with Crippen LogP contribution in [-0.2, 0) is 7.05 Å². The fourth-order valence-electron chi connectivity index (χ4n) is 3.13. The molecule has 1 aromatic heterocycles. The standard InChI is InChI=1S/C15H28N4/c1-10-9-18(5)11(2)7-15(10)17-12(3)14-8-16-19(6)13(14)4/h8,10-12,15,17H,7,9H2,1-6H3. The smallest absolute Gasteiger partial charge is 0.0540 e. The van der Waals surface area contributed by atoms with Crippen LogP contribution in [0, 0.1) is 12.8 Å². The van der Waals surface area contributed by atoms with Gasteiger partial charge in [-0.25, -0.2) is 0 Å². The molecule has 1 aromatic rings. The van der Waals surface area contributed by atoms with Crippen LogP contribution in [0.3, 0.4) is 0 Å². The third-order valence-corrected chi connectivity index (χ3v) is 4.81. The summed E-state index contributed by atoms with van der Waals surface area (Å²) in [5.74, 6) is 0.695. The summed E-state index contributed by atoms with van der Waals surface area (Å²) >= 11 is 0. The largest absolute Gasteiger partial charge is 0.307 e. The molecule has 108 valence electrons. The Balaban J connectivity index is 2.02. The van der Waals surface area contributed by atoms with Gasteiger partial charge in [0.15, 0.2) is 0 Å². The van der Waals surface area contributed by atoms with E-state index in [2.05, 4.69) is 50.1 Å². The van der Waals surface area contributed by atoms with Gasteiger partial charge in [0.25, 0.3) is 0 Å². The van der Waals surface area contributed by atoms with Crippen LogP contribution in [0.15, 0.2) is 6.20 Å². The number of nitrogens with zero attached hydrogens (tertiary/aromatic N) is 3. The molecule has 1 saturated heterocycles. The highest BCUT2D eigenvalue weighted by Crippen LogP contribution is 2.24. The second-order valence-corrected chi connectivity index (χ2v) is 6.31. The van der Waals surface area contributed by atoms with Gasteiger partial charge in [0.05, 0.1) is 6.20 Å². The highest BCUT2D eigenvalue weighted by molar-refractivity contribution is 5.20. The molecule has 0 bridgehead atoms. The number of likely N-dealkylation sites (tertiary alicyclic amines) is 1. The molecule has 19 heavy (non-hydrogen) atoms. The molecule has 0 saturated carbocycles. The summed E-state index contributed by atoms with van der Waals surface area (Å²) in [5.41, 5.74) is 2.58. The maximum absolute atomic E-state index is 4.34. The van der Waals surface area contributed by atoms with Crippen LogP contribution in [0.4, 0.5) is 0 Å². The van der Waals surface area contributed by atoms with Crippen molar-refractivity contribution >= 4 is 0 Å². The highest BCUT2D eigenvalue weighted by atomic mass is 15.3. The first-order valence-corrected chi connectivity index (χ1v) is 7.35. The van der Waals surface area contributed by atoms with Crippen molar-refractivity contribution in [1.29, 1.82) is 0 Å². The molecule has 0 aliphatic carbocycles. The minimum Gasteiger partial charge on any atom is -0.307 e. The van der Waals surface area contributed by atoms with E-state index in [9.17, 15) is 0 Å². The molecule has 1 aliphatic rings. The number of nitrogens with one attached hydrogen (secondary N) is 1. The molecule has 1 aliphatic heterocycles. The summed E-state index contributed by atoms with van der Waals surface area (Å²) in [6.07, 6.45) is 3.22. The van der Waals surface area contributed by atoms with Crippen molar-refractivity contribution in [2.24, 2.45) is 13.0 Å². The Labute approximate surface area is 117 Å². The van der Waals surface area contributed by atoms with E-state index in [1.54, 1.807) is 0 Å². The topological polar surface area (TPSA) is 33.1 Å². The second-order valence-electron chi connectivity index (χ2n) is 6.31. The summed E-state index contributed by atoms with van der Waals surface area (Å²) in [4.78, 5) is 2.46. The van der Waals surface area contributed by atoms with E-state index in [1.807, 2.05) is 17.9 Å². The molecule has 1 fully saturated rings. The van der Waals surface area contributed by atoms with E-state index >= 15 is 0 Å². The zero-order valence-corrected chi connectivity index (χ0v) is 13.1. The molecule has 4 nitrogen and oxygen atoms in total. The van der Waals surface area contributed by atoms with Gasteiger partial charge in [-0.3, -0.25) is 4.68 Å². The molecule has 4 unspecified atom stereocenters. The fraction of sp³-hybridized carbons (Fsp3) is 0.800. The summed E-state index contributed by atoms with van der Waals surface area (Å²) in [6.45, 7) is 10.2. The number of aromatic nitrogens is 2. The van der Waals surface area contributed by atoms with E-state index in [0.29, 0.717) is 24.0 Å². The number of piperidine rings is 1. The Bertz CT molecular complexity index is 426. The lowest BCUT2D eigenvalue weighted by Gasteiger charge is -2.41. The first kappa shape index (κ1) is 14.5. The van der Waals surface area contributed by atoms with Crippen molar-refractivity contribution in [1.82, 2.24) is 20.0 Å². The predicted octanol–water partition coefficient (Wildman–Crippen LogP) is 2.11. The molecular formula is C15H28N4. The Kier molecular flexibility index (Phi) is 4.31. The van der Waals surface area contributed by atoms with E-state index < -0.39 is 0 Å². The number of aryl methyl sites for hydroxylation is 1. The van der Waals surface area contributed by atoms with Crippen molar-refractivity contribution in [3.05, 3.63) is 17.5 Å². The maximum Gasteiger partial charge on any atom is 0.0540 e.